The lowest BCUT2D eigenvalue weighted by molar-refractivity contribution is 0.0925. The van der Waals surface area contributed by atoms with Crippen molar-refractivity contribution in [2.24, 2.45) is 0 Å². The predicted octanol–water partition coefficient (Wildman–Crippen LogP) is 3.29. The van der Waals surface area contributed by atoms with Crippen LogP contribution >= 0.6 is 12.4 Å². The number of likely N-dealkylation sites (N-methyl/N-ethyl adjacent to an activating group) is 1. The fourth-order valence-electron chi connectivity index (χ4n) is 2.81. The summed E-state index contributed by atoms with van der Waals surface area (Å²) in [6, 6.07) is 16.1. The van der Waals surface area contributed by atoms with Gasteiger partial charge in [-0.3, -0.25) is 9.52 Å². The van der Waals surface area contributed by atoms with Gasteiger partial charge in [0.25, 0.3) is 5.91 Å². The van der Waals surface area contributed by atoms with E-state index in [9.17, 15) is 13.2 Å². The van der Waals surface area contributed by atoms with Gasteiger partial charge in [0.1, 0.15) is 0 Å². The Morgan fingerprint density at radius 3 is 2.07 bits per heavy atom. The normalized spacial score (nSPS) is 12.1. The molecular weight excluding hydrogens is 398 g/mol. The molecule has 0 bridgehead atoms. The predicted molar refractivity (Wildman–Crippen MR) is 117 cm³/mol. The van der Waals surface area contributed by atoms with Gasteiger partial charge in [-0.05, 0) is 42.9 Å². The van der Waals surface area contributed by atoms with E-state index in [-0.39, 0.29) is 24.4 Å². The molecule has 0 heterocycles. The smallest absolute Gasteiger partial charge is 0.251 e. The number of carbonyl (C=O) groups is 1. The van der Waals surface area contributed by atoms with E-state index in [4.69, 9.17) is 0 Å². The zero-order valence-electron chi connectivity index (χ0n) is 16.4. The lowest BCUT2D eigenvalue weighted by atomic mass is 10.1. The van der Waals surface area contributed by atoms with Crippen molar-refractivity contribution in [2.75, 3.05) is 30.6 Å². The molecular formula is C20H28ClN3O3S. The number of sulfonamides is 1. The highest BCUT2D eigenvalue weighted by Crippen LogP contribution is 2.16. The maximum atomic E-state index is 12.7. The Morgan fingerprint density at radius 2 is 1.57 bits per heavy atom. The van der Waals surface area contributed by atoms with Crippen LogP contribution in [0, 0.1) is 0 Å². The van der Waals surface area contributed by atoms with Crippen LogP contribution < -0.4 is 10.0 Å². The summed E-state index contributed by atoms with van der Waals surface area (Å²) in [7, 11) is -3.34. The molecule has 0 radical (unpaired) electrons. The molecule has 6 nitrogen and oxygen atoms in total. The summed E-state index contributed by atoms with van der Waals surface area (Å²) >= 11 is 0. The van der Waals surface area contributed by atoms with Crippen LogP contribution in [0.5, 0.6) is 0 Å². The number of amides is 1. The van der Waals surface area contributed by atoms with Crippen molar-refractivity contribution in [1.82, 2.24) is 10.2 Å². The molecule has 2 rings (SSSR count). The first-order valence-electron chi connectivity index (χ1n) is 8.98. The summed E-state index contributed by atoms with van der Waals surface area (Å²) in [6.45, 7) is 6.72. The van der Waals surface area contributed by atoms with E-state index >= 15 is 0 Å². The fourth-order valence-corrected chi connectivity index (χ4v) is 3.37. The number of halogens is 1. The Morgan fingerprint density at radius 1 is 1.00 bits per heavy atom. The van der Waals surface area contributed by atoms with E-state index in [2.05, 4.69) is 28.8 Å². The molecule has 28 heavy (non-hydrogen) atoms. The van der Waals surface area contributed by atoms with Crippen molar-refractivity contribution in [3.8, 4) is 0 Å². The minimum Gasteiger partial charge on any atom is -0.344 e. The van der Waals surface area contributed by atoms with E-state index in [0.717, 1.165) is 31.5 Å². The molecule has 1 unspecified atom stereocenters. The maximum Gasteiger partial charge on any atom is 0.251 e. The topological polar surface area (TPSA) is 78.5 Å². The highest BCUT2D eigenvalue weighted by molar-refractivity contribution is 7.92. The number of nitrogens with zero attached hydrogens (tertiary/aromatic N) is 1. The number of carbonyl (C=O) groups excluding carboxylic acids is 1. The summed E-state index contributed by atoms with van der Waals surface area (Å²) in [6.07, 6.45) is 1.09. The number of hydrogen-bond donors (Lipinski definition) is 2. The van der Waals surface area contributed by atoms with Crippen LogP contribution in [-0.2, 0) is 10.0 Å². The molecule has 0 saturated heterocycles. The quantitative estimate of drug-likeness (QED) is 0.646. The first-order chi connectivity index (χ1) is 12.8. The lowest BCUT2D eigenvalue weighted by Crippen LogP contribution is -2.38. The van der Waals surface area contributed by atoms with E-state index in [1.54, 1.807) is 24.3 Å². The average Bonchev–Trinajstić information content (AvgIpc) is 2.65. The van der Waals surface area contributed by atoms with E-state index in [0.29, 0.717) is 11.3 Å². The third kappa shape index (κ3) is 7.50. The van der Waals surface area contributed by atoms with Crippen molar-refractivity contribution in [2.45, 2.75) is 19.9 Å². The zero-order valence-corrected chi connectivity index (χ0v) is 18.0. The Kier molecular flexibility index (Phi) is 9.45. The minimum absolute atomic E-state index is 0. The summed E-state index contributed by atoms with van der Waals surface area (Å²) in [4.78, 5) is 15.0. The summed E-state index contributed by atoms with van der Waals surface area (Å²) in [5.41, 5.74) is 1.96. The van der Waals surface area contributed by atoms with Crippen LogP contribution in [0.4, 0.5) is 5.69 Å². The van der Waals surface area contributed by atoms with Crippen molar-refractivity contribution >= 4 is 34.0 Å². The average molecular weight is 426 g/mol. The van der Waals surface area contributed by atoms with Crippen LogP contribution in [0.3, 0.4) is 0 Å². The number of benzene rings is 2. The summed E-state index contributed by atoms with van der Waals surface area (Å²) in [5, 5.41) is 3.10. The second kappa shape index (κ2) is 11.0. The van der Waals surface area contributed by atoms with Gasteiger partial charge < -0.3 is 10.2 Å². The van der Waals surface area contributed by atoms with Gasteiger partial charge in [-0.25, -0.2) is 8.42 Å². The van der Waals surface area contributed by atoms with Crippen LogP contribution in [0.1, 0.15) is 35.8 Å². The molecule has 154 valence electrons. The molecule has 0 aliphatic carbocycles. The number of rotatable bonds is 9. The Labute approximate surface area is 173 Å². The van der Waals surface area contributed by atoms with Crippen LogP contribution in [0.25, 0.3) is 0 Å². The molecule has 8 heteroatoms. The molecule has 0 spiro atoms. The number of hydrogen-bond acceptors (Lipinski definition) is 4. The van der Waals surface area contributed by atoms with Gasteiger partial charge in [0.15, 0.2) is 0 Å². The van der Waals surface area contributed by atoms with Gasteiger partial charge in [-0.1, -0.05) is 44.2 Å². The van der Waals surface area contributed by atoms with Crippen LogP contribution in [0.2, 0.25) is 0 Å². The molecule has 0 aliphatic rings. The van der Waals surface area contributed by atoms with Crippen LogP contribution in [0.15, 0.2) is 54.6 Å². The third-order valence-corrected chi connectivity index (χ3v) is 4.90. The minimum atomic E-state index is -3.34. The molecule has 0 aromatic heterocycles. The van der Waals surface area contributed by atoms with Gasteiger partial charge in [-0.2, -0.15) is 0 Å². The van der Waals surface area contributed by atoms with E-state index < -0.39 is 10.0 Å². The van der Waals surface area contributed by atoms with Gasteiger partial charge in [0.2, 0.25) is 10.0 Å². The molecule has 2 N–H and O–H groups in total. The molecule has 1 atom stereocenters. The van der Waals surface area contributed by atoms with Gasteiger partial charge in [0, 0.05) is 17.8 Å². The monoisotopic (exact) mass is 425 g/mol. The van der Waals surface area contributed by atoms with Crippen molar-refractivity contribution in [3.63, 3.8) is 0 Å². The van der Waals surface area contributed by atoms with E-state index in [1.165, 1.54) is 0 Å². The second-order valence-corrected chi connectivity index (χ2v) is 8.12. The van der Waals surface area contributed by atoms with Crippen LogP contribution in [-0.4, -0.2) is 45.1 Å². The first-order valence-corrected chi connectivity index (χ1v) is 10.9. The SMILES string of the molecule is CCN(CC)CC(NC(=O)c1ccc(NS(C)(=O)=O)cc1)c1ccccc1.Cl. The molecule has 2 aromatic rings. The first kappa shape index (κ1) is 23.9. The highest BCUT2D eigenvalue weighted by atomic mass is 35.5. The Hall–Kier alpha value is -2.09. The molecule has 1 amide bonds. The fraction of sp³-hybridized carbons (Fsp3) is 0.350. The molecule has 2 aromatic carbocycles. The largest absolute Gasteiger partial charge is 0.344 e. The number of nitrogens with one attached hydrogen (secondary N) is 2. The van der Waals surface area contributed by atoms with Crippen molar-refractivity contribution < 1.29 is 13.2 Å². The molecule has 0 fully saturated rings. The van der Waals surface area contributed by atoms with Gasteiger partial charge >= 0.3 is 0 Å². The zero-order chi connectivity index (χ0) is 19.9. The lowest BCUT2D eigenvalue weighted by Gasteiger charge is -2.26. The molecule has 0 saturated carbocycles. The second-order valence-electron chi connectivity index (χ2n) is 6.37. The van der Waals surface area contributed by atoms with Gasteiger partial charge in [0.05, 0.1) is 12.3 Å². The van der Waals surface area contributed by atoms with Crippen molar-refractivity contribution in [3.05, 3.63) is 65.7 Å². The Bertz CT molecular complexity index is 839. The number of anilines is 1. The summed E-state index contributed by atoms with van der Waals surface area (Å²) < 4.78 is 25.0. The highest BCUT2D eigenvalue weighted by Gasteiger charge is 2.18. The van der Waals surface area contributed by atoms with E-state index in [1.807, 2.05) is 30.3 Å². The molecule has 0 aliphatic heterocycles. The maximum absolute atomic E-state index is 12.7. The standard InChI is InChI=1S/C20H27N3O3S.ClH/c1-4-23(5-2)15-19(16-9-7-6-8-10-16)21-20(24)17-11-13-18(14-12-17)22-27(3,25)26;/h6-14,19,22H,4-5,15H2,1-3H3,(H,21,24);1H. The third-order valence-electron chi connectivity index (χ3n) is 4.29. The Balaban J connectivity index is 0.00000392. The summed E-state index contributed by atoms with van der Waals surface area (Å²) in [5.74, 6) is -0.193. The van der Waals surface area contributed by atoms with Crippen molar-refractivity contribution in [1.29, 1.82) is 0 Å². The van der Waals surface area contributed by atoms with Gasteiger partial charge in [-0.15, -0.1) is 12.4 Å².